The molecule has 2 fully saturated rings. The molecule has 0 bridgehead atoms. The van der Waals surface area contributed by atoms with E-state index in [9.17, 15) is 27.6 Å². The minimum absolute atomic E-state index is 0.0195. The van der Waals surface area contributed by atoms with Gasteiger partial charge in [0.2, 0.25) is 11.8 Å². The number of morpholine rings is 1. The average Bonchev–Trinajstić information content (AvgIpc) is 3.50. The largest absolute Gasteiger partial charge is 0.416 e. The molecule has 4 heterocycles. The Bertz CT molecular complexity index is 1500. The van der Waals surface area contributed by atoms with E-state index >= 15 is 0 Å². The maximum Gasteiger partial charge on any atom is 0.416 e. The predicted molar refractivity (Wildman–Crippen MR) is 142 cm³/mol. The Balaban J connectivity index is 1.21. The molecule has 3 aliphatic rings. The standard InChI is InChI=1S/C27H25BrF3N5O4/c28-18-2-1-3-20-23(18)26(25(39)36(20)15-22(37)35-10-11-40-21(14-35)27(29,30)31)6-8-34(9-7-26)24(38)16-4-5-19-17(12-16)13-32-33-19/h1-5,12-13,21H,6-11,14-15H2,(H,32,33). The van der Waals surface area contributed by atoms with Crippen molar-refractivity contribution in [3.8, 4) is 0 Å². The van der Waals surface area contributed by atoms with E-state index in [4.69, 9.17) is 4.74 Å². The van der Waals surface area contributed by atoms with Crippen LogP contribution in [0.5, 0.6) is 0 Å². The molecule has 210 valence electrons. The van der Waals surface area contributed by atoms with Crippen LogP contribution in [0.15, 0.2) is 47.1 Å². The number of aromatic nitrogens is 2. The summed E-state index contributed by atoms with van der Waals surface area (Å²) in [6, 6.07) is 10.6. The molecule has 3 amide bonds. The van der Waals surface area contributed by atoms with Crippen molar-refractivity contribution in [3.05, 3.63) is 58.2 Å². The number of benzene rings is 2. The predicted octanol–water partition coefficient (Wildman–Crippen LogP) is 3.64. The van der Waals surface area contributed by atoms with Crippen LogP contribution in [0.2, 0.25) is 0 Å². The van der Waals surface area contributed by atoms with E-state index in [-0.39, 0.29) is 31.5 Å². The molecule has 0 radical (unpaired) electrons. The summed E-state index contributed by atoms with van der Waals surface area (Å²) in [7, 11) is 0. The Labute approximate surface area is 235 Å². The molecule has 1 spiro atoms. The van der Waals surface area contributed by atoms with E-state index in [2.05, 4.69) is 26.1 Å². The Morgan fingerprint density at radius 2 is 1.90 bits per heavy atom. The van der Waals surface area contributed by atoms with Crippen LogP contribution < -0.4 is 4.90 Å². The van der Waals surface area contributed by atoms with E-state index in [1.54, 1.807) is 41.4 Å². The number of H-pyrrole nitrogens is 1. The molecule has 1 aromatic heterocycles. The topological polar surface area (TPSA) is 98.8 Å². The van der Waals surface area contributed by atoms with Crippen LogP contribution in [0, 0.1) is 0 Å². The first kappa shape index (κ1) is 26.8. The smallest absolute Gasteiger partial charge is 0.365 e. The van der Waals surface area contributed by atoms with Crippen molar-refractivity contribution in [2.75, 3.05) is 44.2 Å². The number of fused-ring (bicyclic) bond motifs is 3. The number of carbonyl (C=O) groups excluding carboxylic acids is 3. The fourth-order valence-electron chi connectivity index (χ4n) is 5.97. The van der Waals surface area contributed by atoms with Gasteiger partial charge in [-0.3, -0.25) is 19.5 Å². The van der Waals surface area contributed by atoms with Crippen molar-refractivity contribution in [2.24, 2.45) is 0 Å². The lowest BCUT2D eigenvalue weighted by Gasteiger charge is -2.39. The number of nitrogens with one attached hydrogen (secondary N) is 1. The van der Waals surface area contributed by atoms with E-state index in [0.29, 0.717) is 41.7 Å². The molecule has 3 aromatic rings. The number of anilines is 1. The number of carbonyl (C=O) groups is 3. The number of ether oxygens (including phenoxy) is 1. The van der Waals surface area contributed by atoms with Gasteiger partial charge in [-0.1, -0.05) is 22.0 Å². The van der Waals surface area contributed by atoms with E-state index in [0.717, 1.165) is 21.4 Å². The number of amides is 3. The summed E-state index contributed by atoms with van der Waals surface area (Å²) in [5, 5.41) is 7.68. The third kappa shape index (κ3) is 4.44. The number of aromatic amines is 1. The highest BCUT2D eigenvalue weighted by molar-refractivity contribution is 9.10. The zero-order valence-electron chi connectivity index (χ0n) is 21.2. The highest BCUT2D eigenvalue weighted by Crippen LogP contribution is 2.51. The van der Waals surface area contributed by atoms with Gasteiger partial charge in [0.1, 0.15) is 6.54 Å². The van der Waals surface area contributed by atoms with Gasteiger partial charge in [-0.05, 0) is 43.2 Å². The van der Waals surface area contributed by atoms with E-state index < -0.39 is 30.1 Å². The normalized spacial score (nSPS) is 20.9. The Morgan fingerprint density at radius 3 is 2.65 bits per heavy atom. The second kappa shape index (κ2) is 9.88. The summed E-state index contributed by atoms with van der Waals surface area (Å²) in [6.07, 6.45) is -4.29. The second-order valence-electron chi connectivity index (χ2n) is 10.3. The molecule has 9 nitrogen and oxygen atoms in total. The maximum absolute atomic E-state index is 14.0. The van der Waals surface area contributed by atoms with Crippen LogP contribution in [0.4, 0.5) is 18.9 Å². The quantitative estimate of drug-likeness (QED) is 0.483. The lowest BCUT2D eigenvalue weighted by molar-refractivity contribution is -0.236. The van der Waals surface area contributed by atoms with Crippen LogP contribution in [-0.2, 0) is 19.7 Å². The van der Waals surface area contributed by atoms with Crippen LogP contribution in [-0.4, -0.2) is 89.3 Å². The van der Waals surface area contributed by atoms with Crippen molar-refractivity contribution in [1.82, 2.24) is 20.0 Å². The summed E-state index contributed by atoms with van der Waals surface area (Å²) in [4.78, 5) is 44.7. The number of nitrogens with zero attached hydrogens (tertiary/aromatic N) is 4. The molecule has 2 saturated heterocycles. The van der Waals surface area contributed by atoms with Crippen LogP contribution in [0.25, 0.3) is 10.9 Å². The van der Waals surface area contributed by atoms with Gasteiger partial charge >= 0.3 is 6.18 Å². The molecule has 1 N–H and O–H groups in total. The van der Waals surface area contributed by atoms with E-state index in [1.807, 2.05) is 6.07 Å². The fourth-order valence-corrected chi connectivity index (χ4v) is 6.70. The van der Waals surface area contributed by atoms with Crippen LogP contribution >= 0.6 is 15.9 Å². The minimum atomic E-state index is -4.58. The highest BCUT2D eigenvalue weighted by Gasteiger charge is 2.54. The number of rotatable bonds is 3. The molecule has 1 atom stereocenters. The second-order valence-corrected chi connectivity index (χ2v) is 11.2. The summed E-state index contributed by atoms with van der Waals surface area (Å²) < 4.78 is 45.2. The lowest BCUT2D eigenvalue weighted by atomic mass is 9.73. The van der Waals surface area contributed by atoms with Gasteiger partial charge in [-0.15, -0.1) is 0 Å². The van der Waals surface area contributed by atoms with Crippen molar-refractivity contribution >= 4 is 50.2 Å². The zero-order chi connectivity index (χ0) is 28.2. The SMILES string of the molecule is O=C(CN1C(=O)C2(CCN(C(=O)c3ccc4[nH]ncc4c3)CC2)c2c(Br)cccc21)N1CCOC(C(F)(F)F)C1. The number of alkyl halides is 3. The maximum atomic E-state index is 14.0. The third-order valence-corrected chi connectivity index (χ3v) is 8.75. The monoisotopic (exact) mass is 619 g/mol. The highest BCUT2D eigenvalue weighted by atomic mass is 79.9. The lowest BCUT2D eigenvalue weighted by Crippen LogP contribution is -2.55. The van der Waals surface area contributed by atoms with Gasteiger partial charge < -0.3 is 19.4 Å². The number of hydrogen-bond acceptors (Lipinski definition) is 5. The Kier molecular flexibility index (Phi) is 6.61. The molecule has 6 rings (SSSR count). The Hall–Kier alpha value is -3.45. The van der Waals surface area contributed by atoms with Gasteiger partial charge in [0.05, 0.1) is 30.3 Å². The average molecular weight is 620 g/mol. The van der Waals surface area contributed by atoms with Crippen molar-refractivity contribution in [1.29, 1.82) is 0 Å². The molecule has 0 saturated carbocycles. The van der Waals surface area contributed by atoms with Crippen LogP contribution in [0.1, 0.15) is 28.8 Å². The summed E-state index contributed by atoms with van der Waals surface area (Å²) in [6.45, 7) is -0.538. The number of halogens is 4. The van der Waals surface area contributed by atoms with Gasteiger partial charge in [0, 0.05) is 46.3 Å². The first-order valence-electron chi connectivity index (χ1n) is 12.9. The zero-order valence-corrected chi connectivity index (χ0v) is 22.8. The number of likely N-dealkylation sites (tertiary alicyclic amines) is 1. The van der Waals surface area contributed by atoms with E-state index in [1.165, 1.54) is 4.90 Å². The fraction of sp³-hybridized carbons (Fsp3) is 0.407. The third-order valence-electron chi connectivity index (χ3n) is 8.08. The van der Waals surface area contributed by atoms with Crippen molar-refractivity contribution in [2.45, 2.75) is 30.5 Å². The Morgan fingerprint density at radius 1 is 1.12 bits per heavy atom. The first-order chi connectivity index (χ1) is 19.1. The molecule has 3 aliphatic heterocycles. The van der Waals surface area contributed by atoms with Gasteiger partial charge in [0.25, 0.3) is 5.91 Å². The number of piperidine rings is 1. The summed E-state index contributed by atoms with van der Waals surface area (Å²) >= 11 is 3.58. The van der Waals surface area contributed by atoms with Gasteiger partial charge in [0.15, 0.2) is 6.10 Å². The molecule has 2 aromatic carbocycles. The molecule has 0 aliphatic carbocycles. The van der Waals surface area contributed by atoms with Crippen molar-refractivity contribution < 1.29 is 32.3 Å². The van der Waals surface area contributed by atoms with Gasteiger partial charge in [-0.25, -0.2) is 0 Å². The molecule has 1 unspecified atom stereocenters. The van der Waals surface area contributed by atoms with Gasteiger partial charge in [-0.2, -0.15) is 18.3 Å². The molecular formula is C27H25BrF3N5O4. The molecular weight excluding hydrogens is 595 g/mol. The number of hydrogen-bond donors (Lipinski definition) is 1. The summed E-state index contributed by atoms with van der Waals surface area (Å²) in [5.74, 6) is -0.999. The van der Waals surface area contributed by atoms with Crippen LogP contribution in [0.3, 0.4) is 0 Å². The first-order valence-corrected chi connectivity index (χ1v) is 13.7. The summed E-state index contributed by atoms with van der Waals surface area (Å²) in [5.41, 5.74) is 1.70. The molecule has 13 heteroatoms. The minimum Gasteiger partial charge on any atom is -0.365 e. The molecule has 40 heavy (non-hydrogen) atoms. The van der Waals surface area contributed by atoms with Crippen molar-refractivity contribution in [3.63, 3.8) is 0 Å².